The molecule has 1 saturated carbocycles. The molecule has 0 spiro atoms. The molecule has 1 atom stereocenters. The molecule has 1 saturated heterocycles. The fraction of sp³-hybridized carbons (Fsp3) is 0.650. The van der Waals surface area contributed by atoms with E-state index in [1.165, 1.54) is 37.7 Å². The van der Waals surface area contributed by atoms with Gasteiger partial charge in [0, 0.05) is 32.0 Å². The predicted octanol–water partition coefficient (Wildman–Crippen LogP) is 3.49. The van der Waals surface area contributed by atoms with Crippen LogP contribution in [0.5, 0.6) is 0 Å². The van der Waals surface area contributed by atoms with Crippen LogP contribution < -0.4 is 5.32 Å². The minimum atomic E-state index is 0.142. The molecule has 0 radical (unpaired) electrons. The smallest absolute Gasteiger partial charge is 0.221 e. The van der Waals surface area contributed by atoms with E-state index in [9.17, 15) is 4.79 Å². The van der Waals surface area contributed by atoms with Gasteiger partial charge in [-0.15, -0.1) is 0 Å². The molecule has 1 amide bonds. The van der Waals surface area contributed by atoms with Crippen molar-refractivity contribution in [3.63, 3.8) is 0 Å². The maximum absolute atomic E-state index is 12.2. The Bertz CT molecular complexity index is 494. The van der Waals surface area contributed by atoms with E-state index >= 15 is 0 Å². The van der Waals surface area contributed by atoms with Crippen molar-refractivity contribution in [2.24, 2.45) is 5.92 Å². The van der Waals surface area contributed by atoms with Crippen LogP contribution in [-0.2, 0) is 9.63 Å². The van der Waals surface area contributed by atoms with E-state index in [-0.39, 0.29) is 5.91 Å². The Labute approximate surface area is 145 Å². The maximum Gasteiger partial charge on any atom is 0.221 e. The zero-order chi connectivity index (χ0) is 16.6. The first-order valence-corrected chi connectivity index (χ1v) is 9.52. The Morgan fingerprint density at radius 1 is 1.17 bits per heavy atom. The second kappa shape index (κ2) is 9.19. The summed E-state index contributed by atoms with van der Waals surface area (Å²) in [4.78, 5) is 17.8. The molecule has 0 bridgehead atoms. The molecule has 2 fully saturated rings. The SMILES string of the molecule is O=C(CCN1CCCCO1)NC[C@@H](c1ccccc1)C1CCCC1. The van der Waals surface area contributed by atoms with E-state index in [1.54, 1.807) is 0 Å². The summed E-state index contributed by atoms with van der Waals surface area (Å²) in [6.07, 6.45) is 8.05. The lowest BCUT2D eigenvalue weighted by molar-refractivity contribution is -0.181. The van der Waals surface area contributed by atoms with Crippen LogP contribution in [0.1, 0.15) is 56.4 Å². The molecule has 4 nitrogen and oxygen atoms in total. The molecular weight excluding hydrogens is 300 g/mol. The fourth-order valence-corrected chi connectivity index (χ4v) is 3.98. The van der Waals surface area contributed by atoms with E-state index in [1.807, 2.05) is 5.06 Å². The van der Waals surface area contributed by atoms with E-state index in [2.05, 4.69) is 35.6 Å². The molecule has 1 N–H and O–H groups in total. The average Bonchev–Trinajstić information content (AvgIpc) is 3.16. The number of hydroxylamine groups is 2. The quantitative estimate of drug-likeness (QED) is 0.832. The van der Waals surface area contributed by atoms with Crippen LogP contribution in [0.15, 0.2) is 30.3 Å². The number of rotatable bonds is 7. The lowest BCUT2D eigenvalue weighted by Gasteiger charge is -2.26. The largest absolute Gasteiger partial charge is 0.355 e. The van der Waals surface area contributed by atoms with Crippen LogP contribution in [0.25, 0.3) is 0 Å². The zero-order valence-electron chi connectivity index (χ0n) is 14.6. The molecule has 24 heavy (non-hydrogen) atoms. The minimum Gasteiger partial charge on any atom is -0.355 e. The van der Waals surface area contributed by atoms with Crippen LogP contribution in [0.4, 0.5) is 0 Å². The number of carbonyl (C=O) groups excluding carboxylic acids is 1. The summed E-state index contributed by atoms with van der Waals surface area (Å²) < 4.78 is 0. The van der Waals surface area contributed by atoms with Crippen LogP contribution in [-0.4, -0.2) is 37.2 Å². The minimum absolute atomic E-state index is 0.142. The lowest BCUT2D eigenvalue weighted by Crippen LogP contribution is -2.36. The molecule has 132 valence electrons. The third-order valence-electron chi connectivity index (χ3n) is 5.38. The van der Waals surface area contributed by atoms with Crippen molar-refractivity contribution in [1.29, 1.82) is 0 Å². The van der Waals surface area contributed by atoms with Crippen molar-refractivity contribution in [1.82, 2.24) is 10.4 Å². The van der Waals surface area contributed by atoms with Crippen molar-refractivity contribution in [3.05, 3.63) is 35.9 Å². The highest BCUT2D eigenvalue weighted by molar-refractivity contribution is 5.76. The number of amides is 1. The van der Waals surface area contributed by atoms with Crippen molar-refractivity contribution in [2.45, 2.75) is 50.9 Å². The first-order valence-electron chi connectivity index (χ1n) is 9.52. The molecule has 4 heteroatoms. The van der Waals surface area contributed by atoms with Crippen LogP contribution in [0, 0.1) is 5.92 Å². The number of hydrogen-bond donors (Lipinski definition) is 1. The Kier molecular flexibility index (Phi) is 6.67. The van der Waals surface area contributed by atoms with E-state index < -0.39 is 0 Å². The summed E-state index contributed by atoms with van der Waals surface area (Å²) in [6, 6.07) is 10.7. The molecule has 1 aromatic carbocycles. The first-order chi connectivity index (χ1) is 11.8. The average molecular weight is 330 g/mol. The lowest BCUT2D eigenvalue weighted by atomic mass is 9.85. The van der Waals surface area contributed by atoms with Gasteiger partial charge in [0.05, 0.1) is 6.61 Å². The third kappa shape index (κ3) is 5.05. The normalized spacial score (nSPS) is 20.8. The number of benzene rings is 1. The van der Waals surface area contributed by atoms with Crippen LogP contribution in [0.3, 0.4) is 0 Å². The standard InChI is InChI=1S/C20H30N2O2/c23-20(12-14-22-13-6-7-15-24-22)21-16-19(18-10-4-5-11-18)17-8-2-1-3-9-17/h1-3,8-9,18-19H,4-7,10-16H2,(H,21,23)/t19-/m0/s1. The summed E-state index contributed by atoms with van der Waals surface area (Å²) in [5, 5.41) is 5.12. The maximum atomic E-state index is 12.2. The summed E-state index contributed by atoms with van der Waals surface area (Å²) in [5.41, 5.74) is 1.36. The molecular formula is C20H30N2O2. The molecule has 0 aromatic heterocycles. The third-order valence-corrected chi connectivity index (χ3v) is 5.38. The Morgan fingerprint density at radius 2 is 1.96 bits per heavy atom. The van der Waals surface area contributed by atoms with Crippen molar-refractivity contribution < 1.29 is 9.63 Å². The van der Waals surface area contributed by atoms with Gasteiger partial charge in [-0.25, -0.2) is 0 Å². The molecule has 3 rings (SSSR count). The van der Waals surface area contributed by atoms with Gasteiger partial charge < -0.3 is 5.32 Å². The zero-order valence-corrected chi connectivity index (χ0v) is 14.6. The highest BCUT2D eigenvalue weighted by Crippen LogP contribution is 2.36. The van der Waals surface area contributed by atoms with Gasteiger partial charge in [0.2, 0.25) is 5.91 Å². The first kappa shape index (κ1) is 17.4. The van der Waals surface area contributed by atoms with Crippen molar-refractivity contribution in [3.8, 4) is 0 Å². The number of nitrogens with zero attached hydrogens (tertiary/aromatic N) is 1. The molecule has 1 aliphatic carbocycles. The van der Waals surface area contributed by atoms with E-state index in [0.717, 1.165) is 26.1 Å². The number of hydrogen-bond acceptors (Lipinski definition) is 3. The van der Waals surface area contributed by atoms with E-state index in [0.29, 0.717) is 24.8 Å². The van der Waals surface area contributed by atoms with E-state index in [4.69, 9.17) is 4.84 Å². The Balaban J connectivity index is 1.48. The van der Waals surface area contributed by atoms with Gasteiger partial charge in [0.1, 0.15) is 0 Å². The summed E-state index contributed by atoms with van der Waals surface area (Å²) in [6.45, 7) is 3.20. The monoisotopic (exact) mass is 330 g/mol. The summed E-state index contributed by atoms with van der Waals surface area (Å²) >= 11 is 0. The van der Waals surface area contributed by atoms with Crippen LogP contribution >= 0.6 is 0 Å². The second-order valence-electron chi connectivity index (χ2n) is 7.09. The predicted molar refractivity (Wildman–Crippen MR) is 95.5 cm³/mol. The van der Waals surface area contributed by atoms with Gasteiger partial charge in [-0.3, -0.25) is 9.63 Å². The Morgan fingerprint density at radius 3 is 2.67 bits per heavy atom. The number of nitrogens with one attached hydrogen (secondary N) is 1. The van der Waals surface area contributed by atoms with Crippen molar-refractivity contribution >= 4 is 5.91 Å². The van der Waals surface area contributed by atoms with Gasteiger partial charge >= 0.3 is 0 Å². The molecule has 2 aliphatic rings. The van der Waals surface area contributed by atoms with Crippen molar-refractivity contribution in [2.75, 3.05) is 26.2 Å². The molecule has 1 aromatic rings. The molecule has 1 aliphatic heterocycles. The fourth-order valence-electron chi connectivity index (χ4n) is 3.98. The topological polar surface area (TPSA) is 41.6 Å². The van der Waals surface area contributed by atoms with Gasteiger partial charge in [-0.2, -0.15) is 5.06 Å². The van der Waals surface area contributed by atoms with Gasteiger partial charge in [0.15, 0.2) is 0 Å². The number of carbonyl (C=O) groups is 1. The Hall–Kier alpha value is -1.39. The molecule has 1 heterocycles. The summed E-state index contributed by atoms with van der Waals surface area (Å²) in [5.74, 6) is 1.30. The van der Waals surface area contributed by atoms with Gasteiger partial charge in [0.25, 0.3) is 0 Å². The van der Waals surface area contributed by atoms with Crippen LogP contribution in [0.2, 0.25) is 0 Å². The highest BCUT2D eigenvalue weighted by atomic mass is 16.7. The second-order valence-corrected chi connectivity index (χ2v) is 7.09. The molecule has 0 unspecified atom stereocenters. The summed E-state index contributed by atoms with van der Waals surface area (Å²) in [7, 11) is 0. The highest BCUT2D eigenvalue weighted by Gasteiger charge is 2.26. The van der Waals surface area contributed by atoms with Gasteiger partial charge in [-0.05, 0) is 37.2 Å². The van der Waals surface area contributed by atoms with Gasteiger partial charge in [-0.1, -0.05) is 43.2 Å².